The molecular formula is C18H17N7O4. The normalized spacial score (nSPS) is 12.4. The molecular weight excluding hydrogens is 378 g/mol. The molecule has 1 aliphatic rings. The number of ketones is 1. The van der Waals surface area contributed by atoms with Gasteiger partial charge >= 0.3 is 0 Å². The quantitative estimate of drug-likeness (QED) is 0.483. The van der Waals surface area contributed by atoms with Crippen LogP contribution in [0.1, 0.15) is 39.2 Å². The maximum atomic E-state index is 12.8. The number of aromatic nitrogens is 6. The summed E-state index contributed by atoms with van der Waals surface area (Å²) in [6, 6.07) is 1.48. The van der Waals surface area contributed by atoms with Crippen molar-refractivity contribution >= 4 is 18.2 Å². The van der Waals surface area contributed by atoms with Crippen molar-refractivity contribution in [3.8, 4) is 11.3 Å². The zero-order valence-corrected chi connectivity index (χ0v) is 15.4. The number of fused-ring (bicyclic) bond motifs is 1. The Bertz CT molecular complexity index is 1040. The molecule has 0 aromatic carbocycles. The minimum absolute atomic E-state index is 0.191. The first-order valence-electron chi connectivity index (χ1n) is 8.56. The van der Waals surface area contributed by atoms with Crippen molar-refractivity contribution in [1.82, 2.24) is 35.0 Å². The Kier molecular flexibility index (Phi) is 5.97. The van der Waals surface area contributed by atoms with Crippen molar-refractivity contribution in [2.24, 2.45) is 0 Å². The lowest BCUT2D eigenvalue weighted by atomic mass is 10.0. The van der Waals surface area contributed by atoms with E-state index in [0.29, 0.717) is 25.2 Å². The number of nitrogens with one attached hydrogen (secondary N) is 1. The summed E-state index contributed by atoms with van der Waals surface area (Å²) in [7, 11) is 0. The predicted molar refractivity (Wildman–Crippen MR) is 98.8 cm³/mol. The molecule has 0 fully saturated rings. The first kappa shape index (κ1) is 19.7. The molecule has 11 nitrogen and oxygen atoms in total. The molecule has 4 heterocycles. The van der Waals surface area contributed by atoms with E-state index in [2.05, 4.69) is 30.1 Å². The van der Waals surface area contributed by atoms with Crippen LogP contribution in [-0.2, 0) is 17.8 Å². The second kappa shape index (κ2) is 8.78. The molecule has 3 aromatic rings. The summed E-state index contributed by atoms with van der Waals surface area (Å²) in [5.74, 6) is -0.404. The van der Waals surface area contributed by atoms with Gasteiger partial charge in [-0.1, -0.05) is 0 Å². The van der Waals surface area contributed by atoms with Crippen molar-refractivity contribution in [1.29, 1.82) is 0 Å². The van der Waals surface area contributed by atoms with Crippen LogP contribution < -0.4 is 0 Å². The molecule has 2 N–H and O–H groups in total. The Morgan fingerprint density at radius 3 is 2.59 bits per heavy atom. The van der Waals surface area contributed by atoms with E-state index < -0.39 is 0 Å². The van der Waals surface area contributed by atoms with E-state index in [4.69, 9.17) is 9.90 Å². The van der Waals surface area contributed by atoms with Gasteiger partial charge in [-0.3, -0.25) is 19.5 Å². The number of rotatable bonds is 3. The molecule has 1 aliphatic heterocycles. The maximum Gasteiger partial charge on any atom is 0.290 e. The lowest BCUT2D eigenvalue weighted by molar-refractivity contribution is -0.122. The van der Waals surface area contributed by atoms with Gasteiger partial charge in [0, 0.05) is 50.0 Å². The van der Waals surface area contributed by atoms with Gasteiger partial charge < -0.3 is 10.0 Å². The van der Waals surface area contributed by atoms with Crippen molar-refractivity contribution in [3.05, 3.63) is 53.8 Å². The minimum Gasteiger partial charge on any atom is -0.483 e. The number of nitrogens with zero attached hydrogens (tertiary/aromatic N) is 6. The molecule has 0 unspecified atom stereocenters. The van der Waals surface area contributed by atoms with Crippen LogP contribution in [0.15, 0.2) is 31.1 Å². The zero-order valence-electron chi connectivity index (χ0n) is 15.4. The van der Waals surface area contributed by atoms with E-state index in [0.717, 1.165) is 22.5 Å². The largest absolute Gasteiger partial charge is 0.483 e. The first-order chi connectivity index (χ1) is 14.0. The molecule has 0 bridgehead atoms. The molecule has 148 valence electrons. The Hall–Kier alpha value is -4.02. The van der Waals surface area contributed by atoms with Gasteiger partial charge in [-0.25, -0.2) is 19.9 Å². The third-order valence-corrected chi connectivity index (χ3v) is 4.29. The highest BCUT2D eigenvalue weighted by Crippen LogP contribution is 2.27. The van der Waals surface area contributed by atoms with Crippen molar-refractivity contribution in [2.45, 2.75) is 19.9 Å². The van der Waals surface area contributed by atoms with Crippen LogP contribution in [0.2, 0.25) is 0 Å². The molecule has 4 rings (SSSR count). The third-order valence-electron chi connectivity index (χ3n) is 4.29. The Labute approximate surface area is 164 Å². The number of carbonyl (C=O) groups is 3. The maximum absolute atomic E-state index is 12.8. The van der Waals surface area contributed by atoms with Gasteiger partial charge in [-0.15, -0.1) is 0 Å². The van der Waals surface area contributed by atoms with Crippen LogP contribution in [0.3, 0.4) is 0 Å². The number of carbonyl (C=O) groups excluding carboxylic acids is 2. The number of hydrogen-bond donors (Lipinski definition) is 2. The Morgan fingerprint density at radius 2 is 1.93 bits per heavy atom. The van der Waals surface area contributed by atoms with Gasteiger partial charge in [-0.2, -0.15) is 5.10 Å². The fraction of sp³-hybridized carbons (Fsp3) is 0.222. The third kappa shape index (κ3) is 4.29. The molecule has 0 spiro atoms. The Balaban J connectivity index is 0.000000755. The molecule has 0 radical (unpaired) electrons. The van der Waals surface area contributed by atoms with Crippen molar-refractivity contribution in [3.63, 3.8) is 0 Å². The monoisotopic (exact) mass is 395 g/mol. The van der Waals surface area contributed by atoms with Gasteiger partial charge in [-0.05, 0) is 6.07 Å². The fourth-order valence-electron chi connectivity index (χ4n) is 2.97. The lowest BCUT2D eigenvalue weighted by Gasteiger charge is -2.28. The average molecular weight is 395 g/mol. The summed E-state index contributed by atoms with van der Waals surface area (Å²) in [5.41, 5.74) is 3.84. The summed E-state index contributed by atoms with van der Waals surface area (Å²) >= 11 is 0. The highest BCUT2D eigenvalue weighted by Gasteiger charge is 2.27. The highest BCUT2D eigenvalue weighted by molar-refractivity contribution is 5.97. The summed E-state index contributed by atoms with van der Waals surface area (Å²) in [6.45, 7) is 2.06. The average Bonchev–Trinajstić information content (AvgIpc) is 3.24. The van der Waals surface area contributed by atoms with Gasteiger partial charge in [0.05, 0.1) is 11.4 Å². The highest BCUT2D eigenvalue weighted by atomic mass is 16.3. The molecule has 11 heteroatoms. The fourth-order valence-corrected chi connectivity index (χ4v) is 2.97. The number of aromatic amines is 1. The van der Waals surface area contributed by atoms with Crippen molar-refractivity contribution in [2.75, 3.05) is 6.54 Å². The van der Waals surface area contributed by atoms with Crippen molar-refractivity contribution < 1.29 is 19.5 Å². The Morgan fingerprint density at radius 1 is 1.21 bits per heavy atom. The standard InChI is InChI=1S/C17H15N7O2.CH2O2/c1-10(25)14-4-15(23-22-14)17(26)24-3-2-13-12(7-24)16(21-9-20-13)11-5-18-8-19-6-11;2-1-3/h4-6,8-9H,2-3,7H2,1H3,(H,22,23);1H,(H,2,3). The van der Waals surface area contributed by atoms with E-state index >= 15 is 0 Å². The van der Waals surface area contributed by atoms with E-state index in [1.165, 1.54) is 25.6 Å². The number of carboxylic acid groups (broad SMARTS) is 1. The van der Waals surface area contributed by atoms with Crippen LogP contribution in [0.25, 0.3) is 11.3 Å². The van der Waals surface area contributed by atoms with Gasteiger partial charge in [0.25, 0.3) is 12.4 Å². The van der Waals surface area contributed by atoms with E-state index in [-0.39, 0.29) is 23.9 Å². The van der Waals surface area contributed by atoms with Crippen LogP contribution >= 0.6 is 0 Å². The smallest absolute Gasteiger partial charge is 0.290 e. The predicted octanol–water partition coefficient (Wildman–Crippen LogP) is 0.759. The summed E-state index contributed by atoms with van der Waals surface area (Å²) in [6.07, 6.45) is 6.97. The summed E-state index contributed by atoms with van der Waals surface area (Å²) in [4.78, 5) is 51.0. The number of amides is 1. The van der Waals surface area contributed by atoms with E-state index in [1.54, 1.807) is 17.3 Å². The van der Waals surface area contributed by atoms with E-state index in [1.807, 2.05) is 0 Å². The second-order valence-corrected chi connectivity index (χ2v) is 6.08. The topological polar surface area (TPSA) is 155 Å². The SMILES string of the molecule is CC(=O)c1cc(C(=O)N2CCc3ncnc(-c4cncnc4)c3C2)[nH]n1.O=CO. The lowest BCUT2D eigenvalue weighted by Crippen LogP contribution is -2.37. The molecule has 1 amide bonds. The molecule has 0 atom stereocenters. The first-order valence-corrected chi connectivity index (χ1v) is 8.56. The number of Topliss-reactive ketones (excluding diaryl/α,β-unsaturated/α-hetero) is 1. The molecule has 3 aromatic heterocycles. The van der Waals surface area contributed by atoms with Gasteiger partial charge in [0.15, 0.2) is 5.78 Å². The molecule has 0 saturated carbocycles. The van der Waals surface area contributed by atoms with Gasteiger partial charge in [0.2, 0.25) is 0 Å². The van der Waals surface area contributed by atoms with Crippen LogP contribution in [0, 0.1) is 0 Å². The number of hydrogen-bond acceptors (Lipinski definition) is 8. The second-order valence-electron chi connectivity index (χ2n) is 6.08. The molecule has 0 aliphatic carbocycles. The number of H-pyrrole nitrogens is 1. The van der Waals surface area contributed by atoms with E-state index in [9.17, 15) is 9.59 Å². The van der Waals surface area contributed by atoms with Gasteiger partial charge in [0.1, 0.15) is 24.0 Å². The van der Waals surface area contributed by atoms with Crippen LogP contribution in [0.4, 0.5) is 0 Å². The molecule has 0 saturated heterocycles. The van der Waals surface area contributed by atoms with Crippen LogP contribution in [-0.4, -0.2) is 64.8 Å². The zero-order chi connectivity index (χ0) is 20.8. The summed E-state index contributed by atoms with van der Waals surface area (Å²) < 4.78 is 0. The van der Waals surface area contributed by atoms with Crippen LogP contribution in [0.5, 0.6) is 0 Å². The summed E-state index contributed by atoms with van der Waals surface area (Å²) in [5, 5.41) is 13.4. The minimum atomic E-state index is -0.250. The molecule has 29 heavy (non-hydrogen) atoms.